The van der Waals surface area contributed by atoms with Gasteiger partial charge in [0.1, 0.15) is 16.5 Å². The fraction of sp³-hybridized carbons (Fsp3) is 0.455. The lowest BCUT2D eigenvalue weighted by Crippen LogP contribution is -2.26. The molecular formula is C11H16F2N2O3S. The average molecular weight is 294 g/mol. The summed E-state index contributed by atoms with van der Waals surface area (Å²) in [5.74, 6) is -1.95. The fourth-order valence-corrected chi connectivity index (χ4v) is 2.47. The number of halogens is 2. The minimum Gasteiger partial charge on any atom is -0.380 e. The topological polar surface area (TPSA) is 81.4 Å². The van der Waals surface area contributed by atoms with Crippen LogP contribution in [0.3, 0.4) is 0 Å². The lowest BCUT2D eigenvalue weighted by Gasteiger charge is -2.08. The predicted molar refractivity (Wildman–Crippen MR) is 66.0 cm³/mol. The number of benzene rings is 1. The third-order valence-electron chi connectivity index (χ3n) is 2.20. The van der Waals surface area contributed by atoms with E-state index >= 15 is 0 Å². The monoisotopic (exact) mass is 294 g/mol. The van der Waals surface area contributed by atoms with Gasteiger partial charge in [0.25, 0.3) is 0 Å². The van der Waals surface area contributed by atoms with Gasteiger partial charge in [0.05, 0.1) is 6.61 Å². The molecule has 1 aromatic carbocycles. The molecule has 19 heavy (non-hydrogen) atoms. The highest BCUT2D eigenvalue weighted by molar-refractivity contribution is 7.89. The highest BCUT2D eigenvalue weighted by Gasteiger charge is 2.18. The second kappa shape index (κ2) is 7.49. The van der Waals surface area contributed by atoms with Crippen molar-refractivity contribution < 1.29 is 21.9 Å². The molecule has 0 atom stereocenters. The van der Waals surface area contributed by atoms with Gasteiger partial charge in [0, 0.05) is 25.8 Å². The summed E-state index contributed by atoms with van der Waals surface area (Å²) in [5, 5.41) is 0. The molecular weight excluding hydrogens is 278 g/mol. The molecule has 1 rings (SSSR count). The van der Waals surface area contributed by atoms with Gasteiger partial charge in [-0.15, -0.1) is 0 Å². The van der Waals surface area contributed by atoms with Crippen molar-refractivity contribution in [1.82, 2.24) is 4.72 Å². The molecule has 0 spiro atoms. The van der Waals surface area contributed by atoms with Crippen LogP contribution in [0.5, 0.6) is 0 Å². The molecule has 0 aromatic heterocycles. The first-order chi connectivity index (χ1) is 8.97. The number of ether oxygens (including phenoxy) is 1. The van der Waals surface area contributed by atoms with Gasteiger partial charge in [-0.25, -0.2) is 21.9 Å². The Bertz CT molecular complexity index is 509. The molecule has 0 bridgehead atoms. The number of nitrogens with two attached hydrogens (primary N) is 1. The number of sulfonamides is 1. The largest absolute Gasteiger partial charge is 0.380 e. The van der Waals surface area contributed by atoms with Crippen molar-refractivity contribution in [2.24, 2.45) is 5.73 Å². The normalized spacial score (nSPS) is 11.7. The third-order valence-corrected chi connectivity index (χ3v) is 3.70. The zero-order valence-corrected chi connectivity index (χ0v) is 11.1. The van der Waals surface area contributed by atoms with Gasteiger partial charge in [0.15, 0.2) is 0 Å². The van der Waals surface area contributed by atoms with Crippen LogP contribution < -0.4 is 10.5 Å². The van der Waals surface area contributed by atoms with Crippen molar-refractivity contribution in [2.45, 2.75) is 11.3 Å². The van der Waals surface area contributed by atoms with E-state index in [9.17, 15) is 17.2 Å². The van der Waals surface area contributed by atoms with E-state index in [0.717, 1.165) is 12.1 Å². The van der Waals surface area contributed by atoms with Crippen molar-refractivity contribution >= 4 is 10.0 Å². The van der Waals surface area contributed by atoms with Crippen molar-refractivity contribution in [3.05, 3.63) is 29.8 Å². The second-order valence-corrected chi connectivity index (χ2v) is 5.46. The summed E-state index contributed by atoms with van der Waals surface area (Å²) in [7, 11) is -3.97. The Balaban J connectivity index is 2.52. The minimum atomic E-state index is -3.97. The molecule has 0 aliphatic carbocycles. The second-order valence-electron chi connectivity index (χ2n) is 3.73. The summed E-state index contributed by atoms with van der Waals surface area (Å²) in [6.45, 7) is 1.25. The lowest BCUT2D eigenvalue weighted by molar-refractivity contribution is 0.140. The van der Waals surface area contributed by atoms with Crippen molar-refractivity contribution in [1.29, 1.82) is 0 Å². The smallest absolute Gasteiger partial charge is 0.243 e. The Morgan fingerprint density at radius 3 is 2.63 bits per heavy atom. The van der Waals surface area contributed by atoms with Crippen molar-refractivity contribution in [3.8, 4) is 0 Å². The van der Waals surface area contributed by atoms with Gasteiger partial charge < -0.3 is 10.5 Å². The number of hydrogen-bond donors (Lipinski definition) is 2. The van der Waals surface area contributed by atoms with Gasteiger partial charge in [-0.2, -0.15) is 0 Å². The highest BCUT2D eigenvalue weighted by Crippen LogP contribution is 2.15. The molecule has 0 unspecified atom stereocenters. The average Bonchev–Trinajstić information content (AvgIpc) is 2.33. The Morgan fingerprint density at radius 1 is 1.26 bits per heavy atom. The summed E-state index contributed by atoms with van der Waals surface area (Å²) in [6.07, 6.45) is 0.433. The highest BCUT2D eigenvalue weighted by atomic mass is 32.2. The first-order valence-corrected chi connectivity index (χ1v) is 7.18. The molecule has 0 fully saturated rings. The lowest BCUT2D eigenvalue weighted by atomic mass is 10.3. The summed E-state index contributed by atoms with van der Waals surface area (Å²) >= 11 is 0. The van der Waals surface area contributed by atoms with Crippen LogP contribution in [-0.2, 0) is 14.8 Å². The van der Waals surface area contributed by atoms with E-state index in [-0.39, 0.29) is 6.54 Å². The van der Waals surface area contributed by atoms with E-state index in [0.29, 0.717) is 32.2 Å². The number of nitrogens with one attached hydrogen (secondary N) is 1. The molecule has 0 saturated heterocycles. The SMILES string of the molecule is NCCOCCCNS(=O)(=O)c1ccc(F)cc1F. The van der Waals surface area contributed by atoms with Gasteiger partial charge in [0.2, 0.25) is 10.0 Å². The first kappa shape index (κ1) is 16.0. The summed E-state index contributed by atoms with van der Waals surface area (Å²) in [5.41, 5.74) is 5.21. The summed E-state index contributed by atoms with van der Waals surface area (Å²) in [6, 6.07) is 2.30. The number of rotatable bonds is 8. The zero-order valence-electron chi connectivity index (χ0n) is 10.2. The quantitative estimate of drug-likeness (QED) is 0.688. The Labute approximate surface area is 110 Å². The molecule has 108 valence electrons. The van der Waals surface area contributed by atoms with Gasteiger partial charge >= 0.3 is 0 Å². The standard InChI is InChI=1S/C11H16F2N2O3S/c12-9-2-3-11(10(13)8-9)19(16,17)15-5-1-6-18-7-4-14/h2-3,8,15H,1,4-7,14H2. The van der Waals surface area contributed by atoms with E-state index in [1.807, 2.05) is 0 Å². The minimum absolute atomic E-state index is 0.101. The van der Waals surface area contributed by atoms with Crippen LogP contribution in [-0.4, -0.2) is 34.7 Å². The van der Waals surface area contributed by atoms with Crippen LogP contribution in [0.2, 0.25) is 0 Å². The van der Waals surface area contributed by atoms with Crippen molar-refractivity contribution in [3.63, 3.8) is 0 Å². The molecule has 0 aliphatic rings. The maximum atomic E-state index is 13.3. The Hall–Kier alpha value is -1.09. The maximum absolute atomic E-state index is 13.3. The Kier molecular flexibility index (Phi) is 6.29. The van der Waals surface area contributed by atoms with Gasteiger partial charge in [-0.1, -0.05) is 0 Å². The van der Waals surface area contributed by atoms with Crippen LogP contribution in [0.15, 0.2) is 23.1 Å². The van der Waals surface area contributed by atoms with Crippen LogP contribution >= 0.6 is 0 Å². The van der Waals surface area contributed by atoms with E-state index in [1.54, 1.807) is 0 Å². The summed E-state index contributed by atoms with van der Waals surface area (Å²) in [4.78, 5) is -0.572. The van der Waals surface area contributed by atoms with Gasteiger partial charge in [-0.3, -0.25) is 0 Å². The fourth-order valence-electron chi connectivity index (χ4n) is 1.34. The molecule has 0 amide bonds. The molecule has 5 nitrogen and oxygen atoms in total. The van der Waals surface area contributed by atoms with E-state index < -0.39 is 26.6 Å². The predicted octanol–water partition coefficient (Wildman–Crippen LogP) is 0.609. The third kappa shape index (κ3) is 5.19. The zero-order chi connectivity index (χ0) is 14.3. The summed E-state index contributed by atoms with van der Waals surface area (Å²) < 4.78 is 56.7. The first-order valence-electron chi connectivity index (χ1n) is 5.70. The van der Waals surface area contributed by atoms with Crippen molar-refractivity contribution in [2.75, 3.05) is 26.3 Å². The van der Waals surface area contributed by atoms with Crippen LogP contribution in [0.4, 0.5) is 8.78 Å². The van der Waals surface area contributed by atoms with Crippen LogP contribution in [0.25, 0.3) is 0 Å². The molecule has 0 saturated carbocycles. The number of hydrogen-bond acceptors (Lipinski definition) is 4. The van der Waals surface area contributed by atoms with E-state index in [2.05, 4.69) is 4.72 Å². The molecule has 3 N–H and O–H groups in total. The molecule has 0 aliphatic heterocycles. The van der Waals surface area contributed by atoms with Crippen LogP contribution in [0.1, 0.15) is 6.42 Å². The van der Waals surface area contributed by atoms with Gasteiger partial charge in [-0.05, 0) is 18.6 Å². The molecule has 0 heterocycles. The molecule has 1 aromatic rings. The molecule has 8 heteroatoms. The molecule has 0 radical (unpaired) electrons. The van der Waals surface area contributed by atoms with E-state index in [1.165, 1.54) is 0 Å². The van der Waals surface area contributed by atoms with Crippen LogP contribution in [0, 0.1) is 11.6 Å². The van der Waals surface area contributed by atoms with E-state index in [4.69, 9.17) is 10.5 Å². The Morgan fingerprint density at radius 2 is 2.00 bits per heavy atom. The maximum Gasteiger partial charge on any atom is 0.243 e.